The summed E-state index contributed by atoms with van der Waals surface area (Å²) in [6.07, 6.45) is 6.15. The first-order valence-electron chi connectivity index (χ1n) is 6.23. The predicted octanol–water partition coefficient (Wildman–Crippen LogP) is 3.42. The number of pyridine rings is 1. The topological polar surface area (TPSA) is 62.2 Å². The van der Waals surface area contributed by atoms with E-state index in [2.05, 4.69) is 17.2 Å². The highest BCUT2D eigenvalue weighted by Gasteiger charge is 2.22. The van der Waals surface area contributed by atoms with Gasteiger partial charge in [-0.3, -0.25) is 0 Å². The fourth-order valence-electron chi connectivity index (χ4n) is 2.37. The van der Waals surface area contributed by atoms with E-state index in [4.69, 9.17) is 16.7 Å². The summed E-state index contributed by atoms with van der Waals surface area (Å²) in [5, 5.41) is 12.5. The number of rotatable bonds is 3. The average Bonchev–Trinajstić information content (AvgIpc) is 2.34. The Morgan fingerprint density at radius 1 is 1.50 bits per heavy atom. The third-order valence-electron chi connectivity index (χ3n) is 3.52. The molecule has 4 nitrogen and oxygen atoms in total. The second-order valence-electron chi connectivity index (χ2n) is 4.87. The highest BCUT2D eigenvalue weighted by Crippen LogP contribution is 2.28. The Hall–Kier alpha value is -1.29. The van der Waals surface area contributed by atoms with Crippen LogP contribution < -0.4 is 5.32 Å². The van der Waals surface area contributed by atoms with E-state index in [-0.39, 0.29) is 5.56 Å². The molecule has 0 aromatic carbocycles. The Kier molecular flexibility index (Phi) is 4.07. The van der Waals surface area contributed by atoms with Crippen LogP contribution in [-0.4, -0.2) is 22.1 Å². The van der Waals surface area contributed by atoms with Crippen LogP contribution in [-0.2, 0) is 0 Å². The lowest BCUT2D eigenvalue weighted by atomic mass is 9.86. The second kappa shape index (κ2) is 5.57. The predicted molar refractivity (Wildman–Crippen MR) is 71.2 cm³/mol. The number of carboxylic acid groups (broad SMARTS) is 1. The van der Waals surface area contributed by atoms with Crippen LogP contribution in [0.2, 0.25) is 5.02 Å². The lowest BCUT2D eigenvalue weighted by Crippen LogP contribution is -2.30. The van der Waals surface area contributed by atoms with Gasteiger partial charge in [0.1, 0.15) is 5.82 Å². The minimum atomic E-state index is -1.01. The maximum atomic E-state index is 10.8. The highest BCUT2D eigenvalue weighted by atomic mass is 35.5. The van der Waals surface area contributed by atoms with Gasteiger partial charge in [0.05, 0.1) is 10.6 Å². The zero-order valence-corrected chi connectivity index (χ0v) is 11.1. The standard InChI is InChI=1S/C13H17ClN2O2/c1-8-4-2-3-5-11(8)16-12-10(14)6-9(7-15-12)13(17)18/h6-8,11H,2-5H2,1H3,(H,15,16)(H,17,18). The van der Waals surface area contributed by atoms with Crippen molar-refractivity contribution in [2.45, 2.75) is 38.6 Å². The zero-order valence-electron chi connectivity index (χ0n) is 10.3. The van der Waals surface area contributed by atoms with Crippen molar-refractivity contribution in [1.29, 1.82) is 0 Å². The van der Waals surface area contributed by atoms with E-state index in [0.29, 0.717) is 22.8 Å². The molecule has 0 aliphatic heterocycles. The third kappa shape index (κ3) is 2.93. The number of aromatic carboxylic acids is 1. The molecule has 18 heavy (non-hydrogen) atoms. The highest BCUT2D eigenvalue weighted by molar-refractivity contribution is 6.33. The Bertz CT molecular complexity index is 451. The molecule has 1 aromatic rings. The third-order valence-corrected chi connectivity index (χ3v) is 3.81. The molecule has 0 saturated heterocycles. The van der Waals surface area contributed by atoms with Crippen LogP contribution in [0.25, 0.3) is 0 Å². The van der Waals surface area contributed by atoms with Crippen molar-refractivity contribution in [2.24, 2.45) is 5.92 Å². The van der Waals surface area contributed by atoms with Crippen LogP contribution in [0.4, 0.5) is 5.82 Å². The smallest absolute Gasteiger partial charge is 0.337 e. The molecule has 2 atom stereocenters. The summed E-state index contributed by atoms with van der Waals surface area (Å²) in [5.74, 6) is 0.165. The van der Waals surface area contributed by atoms with E-state index in [9.17, 15) is 4.79 Å². The van der Waals surface area contributed by atoms with Crippen molar-refractivity contribution < 1.29 is 9.90 Å². The molecule has 0 spiro atoms. The molecular formula is C13H17ClN2O2. The second-order valence-corrected chi connectivity index (χ2v) is 5.28. The monoisotopic (exact) mass is 268 g/mol. The summed E-state index contributed by atoms with van der Waals surface area (Å²) in [4.78, 5) is 14.9. The first-order valence-corrected chi connectivity index (χ1v) is 6.61. The average molecular weight is 269 g/mol. The summed E-state index contributed by atoms with van der Waals surface area (Å²) in [5.41, 5.74) is 0.113. The van der Waals surface area contributed by atoms with Crippen molar-refractivity contribution in [3.8, 4) is 0 Å². The summed E-state index contributed by atoms with van der Waals surface area (Å²) < 4.78 is 0. The molecule has 1 aromatic heterocycles. The first-order chi connectivity index (χ1) is 8.58. The van der Waals surface area contributed by atoms with Crippen molar-refractivity contribution in [1.82, 2.24) is 4.98 Å². The number of carboxylic acids is 1. The van der Waals surface area contributed by atoms with E-state index in [0.717, 1.165) is 6.42 Å². The van der Waals surface area contributed by atoms with Crippen LogP contribution in [0.5, 0.6) is 0 Å². The fraction of sp³-hybridized carbons (Fsp3) is 0.538. The van der Waals surface area contributed by atoms with Gasteiger partial charge in [-0.15, -0.1) is 0 Å². The van der Waals surface area contributed by atoms with Gasteiger partial charge in [-0.2, -0.15) is 0 Å². The normalized spacial score (nSPS) is 23.7. The van der Waals surface area contributed by atoms with E-state index in [1.54, 1.807) is 0 Å². The number of carbonyl (C=O) groups is 1. The van der Waals surface area contributed by atoms with Crippen molar-refractivity contribution in [2.75, 3.05) is 5.32 Å². The Morgan fingerprint density at radius 2 is 2.22 bits per heavy atom. The SMILES string of the molecule is CC1CCCCC1Nc1ncc(C(=O)O)cc1Cl. The van der Waals surface area contributed by atoms with E-state index < -0.39 is 5.97 Å². The van der Waals surface area contributed by atoms with Gasteiger partial charge in [-0.1, -0.05) is 31.4 Å². The van der Waals surface area contributed by atoms with Crippen molar-refractivity contribution >= 4 is 23.4 Å². The minimum Gasteiger partial charge on any atom is -0.478 e. The maximum Gasteiger partial charge on any atom is 0.337 e. The summed E-state index contributed by atoms with van der Waals surface area (Å²) in [6.45, 7) is 2.22. The van der Waals surface area contributed by atoms with Gasteiger partial charge in [0.25, 0.3) is 0 Å². The number of hydrogen-bond acceptors (Lipinski definition) is 3. The van der Waals surface area contributed by atoms with Crippen molar-refractivity contribution in [3.05, 3.63) is 22.8 Å². The van der Waals surface area contributed by atoms with Crippen LogP contribution in [0.1, 0.15) is 43.0 Å². The lowest BCUT2D eigenvalue weighted by Gasteiger charge is -2.30. The van der Waals surface area contributed by atoms with Gasteiger partial charge in [0.15, 0.2) is 0 Å². The van der Waals surface area contributed by atoms with Gasteiger partial charge < -0.3 is 10.4 Å². The molecule has 98 valence electrons. The Labute approximate surface area is 111 Å². The molecule has 1 heterocycles. The van der Waals surface area contributed by atoms with Crippen LogP contribution >= 0.6 is 11.6 Å². The Balaban J connectivity index is 2.11. The molecule has 2 N–H and O–H groups in total. The van der Waals surface area contributed by atoms with Gasteiger partial charge >= 0.3 is 5.97 Å². The summed E-state index contributed by atoms with van der Waals surface area (Å²) in [7, 11) is 0. The molecule has 2 rings (SSSR count). The molecule has 5 heteroatoms. The number of halogens is 1. The molecular weight excluding hydrogens is 252 g/mol. The number of nitrogens with zero attached hydrogens (tertiary/aromatic N) is 1. The summed E-state index contributed by atoms with van der Waals surface area (Å²) >= 11 is 6.05. The first kappa shape index (κ1) is 13.1. The quantitative estimate of drug-likeness (QED) is 0.882. The number of nitrogens with one attached hydrogen (secondary N) is 1. The fourth-order valence-corrected chi connectivity index (χ4v) is 2.59. The van der Waals surface area contributed by atoms with Gasteiger partial charge in [0.2, 0.25) is 0 Å². The molecule has 1 fully saturated rings. The van der Waals surface area contributed by atoms with Gasteiger partial charge in [-0.05, 0) is 24.8 Å². The largest absolute Gasteiger partial charge is 0.478 e. The van der Waals surface area contributed by atoms with Crippen LogP contribution in [0.3, 0.4) is 0 Å². The molecule has 1 saturated carbocycles. The number of aromatic nitrogens is 1. The molecule has 2 unspecified atom stereocenters. The van der Waals surface area contributed by atoms with Gasteiger partial charge in [-0.25, -0.2) is 9.78 Å². The summed E-state index contributed by atoms with van der Waals surface area (Å²) in [6, 6.07) is 1.81. The zero-order chi connectivity index (χ0) is 13.1. The van der Waals surface area contributed by atoms with Crippen LogP contribution in [0, 0.1) is 5.92 Å². The molecule has 0 radical (unpaired) electrons. The molecule has 0 bridgehead atoms. The van der Waals surface area contributed by atoms with E-state index >= 15 is 0 Å². The van der Waals surface area contributed by atoms with Gasteiger partial charge in [0, 0.05) is 12.2 Å². The Morgan fingerprint density at radius 3 is 2.83 bits per heavy atom. The van der Waals surface area contributed by atoms with Crippen LogP contribution in [0.15, 0.2) is 12.3 Å². The molecule has 1 aliphatic rings. The van der Waals surface area contributed by atoms with Crippen molar-refractivity contribution in [3.63, 3.8) is 0 Å². The van der Waals surface area contributed by atoms with E-state index in [1.807, 2.05) is 0 Å². The maximum absolute atomic E-state index is 10.8. The molecule has 1 aliphatic carbocycles. The van der Waals surface area contributed by atoms with E-state index in [1.165, 1.54) is 31.5 Å². The minimum absolute atomic E-state index is 0.113. The molecule has 0 amide bonds. The number of anilines is 1. The lowest BCUT2D eigenvalue weighted by molar-refractivity contribution is 0.0696. The number of hydrogen-bond donors (Lipinski definition) is 2.